The average molecular weight is 327 g/mol. The van der Waals surface area contributed by atoms with Gasteiger partial charge in [0.1, 0.15) is 16.8 Å². The van der Waals surface area contributed by atoms with Crippen molar-refractivity contribution in [2.75, 3.05) is 5.32 Å². The number of hydrogen-bond donors (Lipinski definition) is 1. The van der Waals surface area contributed by atoms with Crippen molar-refractivity contribution >= 4 is 39.0 Å². The molecule has 0 saturated heterocycles. The molecule has 18 heavy (non-hydrogen) atoms. The summed E-state index contributed by atoms with van der Waals surface area (Å²) in [7, 11) is 0. The van der Waals surface area contributed by atoms with Crippen LogP contribution in [0.2, 0.25) is 5.15 Å². The maximum atomic E-state index is 13.3. The highest BCUT2D eigenvalue weighted by atomic mass is 79.9. The SMILES string of the molecule is N#Cc1cc(Cl)nc(Nc2ccc(Br)c(F)c2)c1. The van der Waals surface area contributed by atoms with Crippen LogP contribution >= 0.6 is 27.5 Å². The van der Waals surface area contributed by atoms with E-state index in [2.05, 4.69) is 26.2 Å². The second kappa shape index (κ2) is 5.34. The molecule has 0 unspecified atom stereocenters. The van der Waals surface area contributed by atoms with E-state index >= 15 is 0 Å². The van der Waals surface area contributed by atoms with E-state index in [4.69, 9.17) is 16.9 Å². The maximum absolute atomic E-state index is 13.3. The molecule has 1 N–H and O–H groups in total. The normalized spacial score (nSPS) is 9.89. The Bertz CT molecular complexity index is 640. The number of nitriles is 1. The average Bonchev–Trinajstić information content (AvgIpc) is 2.33. The lowest BCUT2D eigenvalue weighted by molar-refractivity contribution is 0.622. The van der Waals surface area contributed by atoms with Crippen molar-refractivity contribution in [2.24, 2.45) is 0 Å². The van der Waals surface area contributed by atoms with Gasteiger partial charge in [0.25, 0.3) is 0 Å². The zero-order valence-corrected chi connectivity index (χ0v) is 11.3. The molecule has 1 aromatic heterocycles. The molecular formula is C12H6BrClFN3. The summed E-state index contributed by atoms with van der Waals surface area (Å²) < 4.78 is 13.7. The lowest BCUT2D eigenvalue weighted by Crippen LogP contribution is -1.95. The van der Waals surface area contributed by atoms with Crippen LogP contribution in [0.1, 0.15) is 5.56 Å². The fourth-order valence-corrected chi connectivity index (χ4v) is 1.80. The van der Waals surface area contributed by atoms with Crippen LogP contribution in [0.25, 0.3) is 0 Å². The van der Waals surface area contributed by atoms with Gasteiger partial charge in [-0.1, -0.05) is 11.6 Å². The topological polar surface area (TPSA) is 48.7 Å². The summed E-state index contributed by atoms with van der Waals surface area (Å²) in [6.07, 6.45) is 0. The molecule has 90 valence electrons. The molecule has 3 nitrogen and oxygen atoms in total. The Morgan fingerprint density at radius 3 is 2.78 bits per heavy atom. The summed E-state index contributed by atoms with van der Waals surface area (Å²) in [6.45, 7) is 0. The first-order chi connectivity index (χ1) is 8.58. The summed E-state index contributed by atoms with van der Waals surface area (Å²) in [5.74, 6) is 0.00306. The number of rotatable bonds is 2. The van der Waals surface area contributed by atoms with Gasteiger partial charge >= 0.3 is 0 Å². The van der Waals surface area contributed by atoms with E-state index in [9.17, 15) is 4.39 Å². The molecule has 1 aromatic carbocycles. The minimum atomic E-state index is -0.387. The molecule has 0 bridgehead atoms. The third-order valence-electron chi connectivity index (χ3n) is 2.12. The largest absolute Gasteiger partial charge is 0.340 e. The van der Waals surface area contributed by atoms with E-state index in [1.54, 1.807) is 12.1 Å². The highest BCUT2D eigenvalue weighted by Gasteiger charge is 2.04. The van der Waals surface area contributed by atoms with Gasteiger partial charge in [0.15, 0.2) is 0 Å². The second-order valence-electron chi connectivity index (χ2n) is 3.43. The number of pyridine rings is 1. The summed E-state index contributed by atoms with van der Waals surface area (Å²) >= 11 is 8.83. The van der Waals surface area contributed by atoms with Crippen LogP contribution in [0.3, 0.4) is 0 Å². The number of hydrogen-bond acceptors (Lipinski definition) is 3. The van der Waals surface area contributed by atoms with Crippen LogP contribution in [0.5, 0.6) is 0 Å². The fraction of sp³-hybridized carbons (Fsp3) is 0. The monoisotopic (exact) mass is 325 g/mol. The van der Waals surface area contributed by atoms with Gasteiger partial charge in [-0.05, 0) is 46.3 Å². The van der Waals surface area contributed by atoms with E-state index < -0.39 is 0 Å². The van der Waals surface area contributed by atoms with Crippen LogP contribution in [-0.2, 0) is 0 Å². The van der Waals surface area contributed by atoms with E-state index in [-0.39, 0.29) is 11.0 Å². The molecule has 0 aliphatic heterocycles. The Kier molecular flexibility index (Phi) is 3.80. The molecule has 0 saturated carbocycles. The molecular weight excluding hydrogens is 321 g/mol. The fourth-order valence-electron chi connectivity index (χ4n) is 1.35. The quantitative estimate of drug-likeness (QED) is 0.839. The van der Waals surface area contributed by atoms with Crippen molar-refractivity contribution in [3.8, 4) is 6.07 Å². The molecule has 1 heterocycles. The summed E-state index contributed by atoms with van der Waals surface area (Å²) in [5.41, 5.74) is 0.907. The zero-order valence-electron chi connectivity index (χ0n) is 8.92. The Labute approximate surface area is 116 Å². The van der Waals surface area contributed by atoms with Crippen molar-refractivity contribution in [1.29, 1.82) is 5.26 Å². The number of aromatic nitrogens is 1. The number of anilines is 2. The van der Waals surface area contributed by atoms with Gasteiger partial charge in [-0.15, -0.1) is 0 Å². The van der Waals surface area contributed by atoms with Gasteiger partial charge in [-0.3, -0.25) is 0 Å². The van der Waals surface area contributed by atoms with Gasteiger partial charge in [-0.2, -0.15) is 5.26 Å². The van der Waals surface area contributed by atoms with E-state index in [1.165, 1.54) is 18.2 Å². The number of nitrogens with zero attached hydrogens (tertiary/aromatic N) is 2. The first kappa shape index (κ1) is 12.8. The molecule has 0 spiro atoms. The Morgan fingerprint density at radius 1 is 1.33 bits per heavy atom. The standard InChI is InChI=1S/C12H6BrClFN3/c13-9-2-1-8(5-10(9)15)17-12-4-7(6-16)3-11(14)18-12/h1-5H,(H,17,18). The molecule has 0 fully saturated rings. The Hall–Kier alpha value is -1.64. The number of halogens is 3. The highest BCUT2D eigenvalue weighted by Crippen LogP contribution is 2.23. The third kappa shape index (κ3) is 2.97. The molecule has 6 heteroatoms. The molecule has 2 rings (SSSR count). The van der Waals surface area contributed by atoms with Crippen LogP contribution in [0, 0.1) is 17.1 Å². The second-order valence-corrected chi connectivity index (χ2v) is 4.67. The van der Waals surface area contributed by atoms with Crippen LogP contribution in [0.15, 0.2) is 34.8 Å². The smallest absolute Gasteiger partial charge is 0.139 e. The van der Waals surface area contributed by atoms with Gasteiger partial charge in [-0.25, -0.2) is 9.37 Å². The van der Waals surface area contributed by atoms with Crippen molar-refractivity contribution in [2.45, 2.75) is 0 Å². The minimum absolute atomic E-state index is 0.203. The van der Waals surface area contributed by atoms with Crippen molar-refractivity contribution < 1.29 is 4.39 Å². The zero-order chi connectivity index (χ0) is 13.1. The molecule has 0 amide bonds. The maximum Gasteiger partial charge on any atom is 0.139 e. The van der Waals surface area contributed by atoms with Crippen LogP contribution in [-0.4, -0.2) is 4.98 Å². The van der Waals surface area contributed by atoms with Gasteiger partial charge in [0.05, 0.1) is 16.1 Å². The highest BCUT2D eigenvalue weighted by molar-refractivity contribution is 9.10. The molecule has 0 aliphatic carbocycles. The predicted octanol–water partition coefficient (Wildman–Crippen LogP) is 4.25. The Balaban J connectivity index is 2.31. The molecule has 0 aliphatic rings. The van der Waals surface area contributed by atoms with Crippen LogP contribution in [0.4, 0.5) is 15.9 Å². The lowest BCUT2D eigenvalue weighted by Gasteiger charge is -2.07. The van der Waals surface area contributed by atoms with Gasteiger partial charge in [0, 0.05) is 5.69 Å². The van der Waals surface area contributed by atoms with Gasteiger partial charge in [0.2, 0.25) is 0 Å². The minimum Gasteiger partial charge on any atom is -0.340 e. The predicted molar refractivity (Wildman–Crippen MR) is 71.3 cm³/mol. The first-order valence-electron chi connectivity index (χ1n) is 4.88. The van der Waals surface area contributed by atoms with E-state index in [0.717, 1.165) is 0 Å². The lowest BCUT2D eigenvalue weighted by atomic mass is 10.2. The van der Waals surface area contributed by atoms with Crippen LogP contribution < -0.4 is 5.32 Å². The van der Waals surface area contributed by atoms with Gasteiger partial charge < -0.3 is 5.32 Å². The van der Waals surface area contributed by atoms with Crippen molar-refractivity contribution in [3.05, 3.63) is 51.3 Å². The van der Waals surface area contributed by atoms with E-state index in [1.807, 2.05) is 6.07 Å². The first-order valence-corrected chi connectivity index (χ1v) is 6.05. The Morgan fingerprint density at radius 2 is 2.11 bits per heavy atom. The van der Waals surface area contributed by atoms with Crippen molar-refractivity contribution in [3.63, 3.8) is 0 Å². The number of benzene rings is 1. The third-order valence-corrected chi connectivity index (χ3v) is 2.95. The summed E-state index contributed by atoms with van der Waals surface area (Å²) in [6, 6.07) is 9.53. The molecule has 0 radical (unpaired) electrons. The summed E-state index contributed by atoms with van der Waals surface area (Å²) in [4.78, 5) is 4.00. The molecule has 2 aromatic rings. The van der Waals surface area contributed by atoms with E-state index in [0.29, 0.717) is 21.5 Å². The summed E-state index contributed by atoms with van der Waals surface area (Å²) in [5, 5.41) is 11.9. The van der Waals surface area contributed by atoms with Crippen molar-refractivity contribution in [1.82, 2.24) is 4.98 Å². The molecule has 0 atom stereocenters. The number of nitrogens with one attached hydrogen (secondary N) is 1.